The Hall–Kier alpha value is -5.39. The highest BCUT2D eigenvalue weighted by atomic mass is 32.1. The number of hydrogen-bond donors (Lipinski definition) is 4. The molecule has 5 aromatic rings. The first-order chi connectivity index (χ1) is 26.1. The van der Waals surface area contributed by atoms with Gasteiger partial charge in [-0.15, -0.1) is 11.3 Å². The minimum Gasteiger partial charge on any atom is -0.494 e. The number of aromatic nitrogens is 2. The zero-order chi connectivity index (χ0) is 38.5. The van der Waals surface area contributed by atoms with Gasteiger partial charge in [0.05, 0.1) is 11.5 Å². The Bertz CT molecular complexity index is 1950. The zero-order valence-corrected chi connectivity index (χ0v) is 31.7. The fourth-order valence-corrected chi connectivity index (χ4v) is 6.80. The molecular formula is C43H48N4O6S. The van der Waals surface area contributed by atoms with E-state index < -0.39 is 36.0 Å². The molecule has 2 heterocycles. The third-order valence-electron chi connectivity index (χ3n) is 9.07. The molecule has 2 unspecified atom stereocenters. The van der Waals surface area contributed by atoms with Gasteiger partial charge in [0.1, 0.15) is 17.9 Å². The number of rotatable bonds is 19. The molecule has 0 aliphatic heterocycles. The van der Waals surface area contributed by atoms with Crippen molar-refractivity contribution in [2.24, 2.45) is 0 Å². The van der Waals surface area contributed by atoms with Gasteiger partial charge >= 0.3 is 5.97 Å². The van der Waals surface area contributed by atoms with Crippen molar-refractivity contribution < 1.29 is 29.3 Å². The molecular weight excluding hydrogens is 701 g/mol. The maximum Gasteiger partial charge on any atom is 0.329 e. The van der Waals surface area contributed by atoms with Crippen LogP contribution in [0, 0.1) is 0 Å². The van der Waals surface area contributed by atoms with Crippen LogP contribution in [0.4, 0.5) is 0 Å². The fraction of sp³-hybridized carbons (Fsp3) is 0.326. The molecule has 0 aliphatic rings. The first-order valence-corrected chi connectivity index (χ1v) is 19.3. The van der Waals surface area contributed by atoms with Crippen molar-refractivity contribution in [1.29, 1.82) is 0 Å². The van der Waals surface area contributed by atoms with Crippen LogP contribution in [0.5, 0.6) is 5.75 Å². The maximum atomic E-state index is 13.7. The first-order valence-electron chi connectivity index (χ1n) is 18.4. The zero-order valence-electron chi connectivity index (χ0n) is 30.9. The Kier molecular flexibility index (Phi) is 14.5. The SMILES string of the molecule is CCCCCCCOc1ccc(-c2cnc(-c3ccc(C[C@H](NC(=O)c4ccc(C(C)C)s4)C(=O)NC(C(=O)O)C(O)c4ccccc4)cc3)nc2)cc1. The molecule has 3 atom stereocenters. The second-order valence-electron chi connectivity index (χ2n) is 13.5. The van der Waals surface area contributed by atoms with Gasteiger partial charge < -0.3 is 25.6 Å². The molecule has 0 saturated carbocycles. The topological polar surface area (TPSA) is 151 Å². The Balaban J connectivity index is 1.26. The highest BCUT2D eigenvalue weighted by molar-refractivity contribution is 7.14. The van der Waals surface area contributed by atoms with Crippen molar-refractivity contribution in [3.8, 4) is 28.3 Å². The molecule has 54 heavy (non-hydrogen) atoms. The maximum absolute atomic E-state index is 13.7. The summed E-state index contributed by atoms with van der Waals surface area (Å²) in [7, 11) is 0. The molecule has 5 rings (SSSR count). The van der Waals surface area contributed by atoms with Crippen molar-refractivity contribution >= 4 is 29.1 Å². The Morgan fingerprint density at radius 3 is 2.07 bits per heavy atom. The largest absolute Gasteiger partial charge is 0.494 e. The number of aliphatic hydroxyl groups is 1. The third-order valence-corrected chi connectivity index (χ3v) is 10.5. The Morgan fingerprint density at radius 1 is 0.778 bits per heavy atom. The molecule has 282 valence electrons. The van der Waals surface area contributed by atoms with Gasteiger partial charge in [-0.25, -0.2) is 14.8 Å². The van der Waals surface area contributed by atoms with Crippen LogP contribution in [0.25, 0.3) is 22.5 Å². The van der Waals surface area contributed by atoms with Crippen LogP contribution in [-0.2, 0) is 16.0 Å². The molecule has 10 nitrogen and oxygen atoms in total. The van der Waals surface area contributed by atoms with Gasteiger partial charge in [0, 0.05) is 34.8 Å². The number of ether oxygens (including phenoxy) is 1. The number of carbonyl (C=O) groups excluding carboxylic acids is 2. The quantitative estimate of drug-likeness (QED) is 0.0621. The number of aliphatic carboxylic acids is 1. The van der Waals surface area contributed by atoms with E-state index in [1.807, 2.05) is 68.4 Å². The summed E-state index contributed by atoms with van der Waals surface area (Å²) in [5.74, 6) is -1.01. The summed E-state index contributed by atoms with van der Waals surface area (Å²) in [6.45, 7) is 6.98. The van der Waals surface area contributed by atoms with E-state index in [2.05, 4.69) is 27.5 Å². The molecule has 2 amide bonds. The number of amides is 2. The van der Waals surface area contributed by atoms with Gasteiger partial charge in [0.25, 0.3) is 5.91 Å². The number of benzene rings is 3. The lowest BCUT2D eigenvalue weighted by Crippen LogP contribution is -2.54. The van der Waals surface area contributed by atoms with Gasteiger partial charge in [0.15, 0.2) is 11.9 Å². The van der Waals surface area contributed by atoms with Gasteiger partial charge in [-0.2, -0.15) is 0 Å². The number of hydrogen-bond acceptors (Lipinski definition) is 8. The van der Waals surface area contributed by atoms with Crippen LogP contribution in [0.1, 0.15) is 90.6 Å². The number of carboxylic acid groups (broad SMARTS) is 1. The third kappa shape index (κ3) is 11.1. The fourth-order valence-electron chi connectivity index (χ4n) is 5.89. The van der Waals surface area contributed by atoms with E-state index in [-0.39, 0.29) is 12.3 Å². The second kappa shape index (κ2) is 19.6. The van der Waals surface area contributed by atoms with Crippen LogP contribution in [-0.4, -0.2) is 56.7 Å². The number of carboxylic acids is 1. The van der Waals surface area contributed by atoms with E-state index in [1.54, 1.807) is 48.8 Å². The van der Waals surface area contributed by atoms with Crippen LogP contribution in [0.3, 0.4) is 0 Å². The van der Waals surface area contributed by atoms with Crippen LogP contribution in [0.2, 0.25) is 0 Å². The number of nitrogens with one attached hydrogen (secondary N) is 2. The van der Waals surface area contributed by atoms with Gasteiger partial charge in [-0.05, 0) is 53.3 Å². The van der Waals surface area contributed by atoms with E-state index in [9.17, 15) is 24.6 Å². The number of thiophene rings is 1. The first kappa shape index (κ1) is 39.8. The molecule has 11 heteroatoms. The summed E-state index contributed by atoms with van der Waals surface area (Å²) >= 11 is 1.34. The molecule has 0 fully saturated rings. The summed E-state index contributed by atoms with van der Waals surface area (Å²) in [6, 6.07) is 24.3. The van der Waals surface area contributed by atoms with Crippen molar-refractivity contribution in [2.45, 2.75) is 83.4 Å². The molecule has 0 radical (unpaired) electrons. The molecule has 0 spiro atoms. The minimum atomic E-state index is -1.65. The van der Waals surface area contributed by atoms with E-state index in [1.165, 1.54) is 37.0 Å². The van der Waals surface area contributed by atoms with Crippen LogP contribution in [0.15, 0.2) is 103 Å². The average molecular weight is 749 g/mol. The molecule has 3 aromatic carbocycles. The standard InChI is InChI=1S/C43H48N4O6S/c1-4-5-6-7-11-24-53-34-20-18-30(19-21-34)33-26-44-40(45-27-33)32-16-14-29(15-17-32)25-35(46-42(50)37-23-22-36(54-37)28(2)3)41(49)47-38(43(51)52)39(48)31-12-9-8-10-13-31/h8-10,12-23,26-28,35,38-39,48H,4-7,11,24-25H2,1-3H3,(H,46,50)(H,47,49)(H,51,52)/t35-,38?,39?/m0/s1. The predicted octanol–water partition coefficient (Wildman–Crippen LogP) is 7.99. The molecule has 0 saturated heterocycles. The van der Waals surface area contributed by atoms with E-state index in [0.29, 0.717) is 28.4 Å². The highest BCUT2D eigenvalue weighted by Crippen LogP contribution is 2.26. The minimum absolute atomic E-state index is 0.0619. The number of carbonyl (C=O) groups is 3. The van der Waals surface area contributed by atoms with Crippen molar-refractivity contribution in [1.82, 2.24) is 20.6 Å². The normalized spacial score (nSPS) is 12.8. The van der Waals surface area contributed by atoms with Crippen LogP contribution >= 0.6 is 11.3 Å². The molecule has 4 N–H and O–H groups in total. The van der Waals surface area contributed by atoms with Gasteiger partial charge in [0.2, 0.25) is 5.91 Å². The van der Waals surface area contributed by atoms with Gasteiger partial charge in [-0.1, -0.05) is 113 Å². The second-order valence-corrected chi connectivity index (χ2v) is 14.7. The number of nitrogens with zero attached hydrogens (tertiary/aromatic N) is 2. The Labute approximate surface area is 320 Å². The summed E-state index contributed by atoms with van der Waals surface area (Å²) in [5.41, 5.74) is 3.65. The average Bonchev–Trinajstić information content (AvgIpc) is 3.70. The predicted molar refractivity (Wildman–Crippen MR) is 211 cm³/mol. The monoisotopic (exact) mass is 748 g/mol. The number of aliphatic hydroxyl groups excluding tert-OH is 1. The molecule has 2 aromatic heterocycles. The lowest BCUT2D eigenvalue weighted by molar-refractivity contribution is -0.145. The summed E-state index contributed by atoms with van der Waals surface area (Å²) < 4.78 is 5.89. The number of unbranched alkanes of at least 4 members (excludes halogenated alkanes) is 4. The Morgan fingerprint density at radius 2 is 1.44 bits per heavy atom. The van der Waals surface area contributed by atoms with Crippen molar-refractivity contribution in [2.75, 3.05) is 6.61 Å². The van der Waals surface area contributed by atoms with Crippen LogP contribution < -0.4 is 15.4 Å². The summed E-state index contributed by atoms with van der Waals surface area (Å²) in [5, 5.41) is 26.1. The van der Waals surface area contributed by atoms with E-state index >= 15 is 0 Å². The smallest absolute Gasteiger partial charge is 0.329 e. The summed E-state index contributed by atoms with van der Waals surface area (Å²) in [6.07, 6.45) is 8.05. The van der Waals surface area contributed by atoms with Crippen molar-refractivity contribution in [3.05, 3.63) is 124 Å². The summed E-state index contributed by atoms with van der Waals surface area (Å²) in [4.78, 5) is 49.9. The molecule has 0 aliphatic carbocycles. The van der Waals surface area contributed by atoms with E-state index in [0.717, 1.165) is 33.7 Å². The van der Waals surface area contributed by atoms with Crippen molar-refractivity contribution in [3.63, 3.8) is 0 Å². The molecule has 0 bridgehead atoms. The lowest BCUT2D eigenvalue weighted by atomic mass is 10.00. The lowest BCUT2D eigenvalue weighted by Gasteiger charge is -2.24. The van der Waals surface area contributed by atoms with E-state index in [4.69, 9.17) is 4.74 Å². The highest BCUT2D eigenvalue weighted by Gasteiger charge is 2.33. The van der Waals surface area contributed by atoms with Gasteiger partial charge in [-0.3, -0.25) is 9.59 Å².